The molecule has 0 aliphatic heterocycles. The van der Waals surface area contributed by atoms with Crippen LogP contribution in [0.5, 0.6) is 0 Å². The topological polar surface area (TPSA) is 231 Å². The molecule has 0 bridgehead atoms. The predicted octanol–water partition coefficient (Wildman–Crippen LogP) is 20.0. The number of carbonyl (C=O) groups is 3. The number of hydrogen-bond donors (Lipinski definition) is 4. The zero-order valence-electron chi connectivity index (χ0n) is 57.6. The molecule has 0 aromatic heterocycles. The van der Waals surface area contributed by atoms with Gasteiger partial charge in [-0.15, -0.1) is 0 Å². The smallest absolute Gasteiger partial charge is 0.463 e. The van der Waals surface area contributed by atoms with Gasteiger partial charge < -0.3 is 34.2 Å². The molecule has 0 spiro atoms. The molecule has 16 nitrogen and oxygen atoms in total. The average Bonchev–Trinajstić information content (AvgIpc) is 2.77. The molecule has 0 aromatic rings. The zero-order chi connectivity index (χ0) is 68.1. The lowest BCUT2D eigenvalue weighted by Crippen LogP contribution is -2.30. The first kappa shape index (κ1) is 88.7. The van der Waals surface area contributed by atoms with Crippen molar-refractivity contribution < 1.29 is 75.8 Å². The molecule has 0 saturated heterocycles. The molecule has 18 heteroatoms. The molecule has 0 rings (SSSR count). The van der Waals surface area contributed by atoms with Crippen LogP contribution in [-0.4, -0.2) is 95.9 Å². The van der Waals surface area contributed by atoms with Gasteiger partial charge in [0, 0.05) is 19.3 Å². The van der Waals surface area contributed by atoms with Crippen molar-refractivity contribution in [2.75, 3.05) is 39.6 Å². The normalized spacial score (nSPS) is 15.0. The predicted molar refractivity (Wildman–Crippen MR) is 380 cm³/mol. The third-order valence-electron chi connectivity index (χ3n) is 14.3. The summed E-state index contributed by atoms with van der Waals surface area (Å²) in [5, 5.41) is 20.6. The second-order valence-corrected chi connectivity index (χ2v) is 26.2. The minimum Gasteiger partial charge on any atom is -0.463 e. The van der Waals surface area contributed by atoms with E-state index in [0.717, 1.165) is 128 Å². The molecule has 0 aliphatic carbocycles. The number of esters is 3. The summed E-state index contributed by atoms with van der Waals surface area (Å²) >= 11 is 0. The number of unbranched alkanes of at least 4 members (excludes halogenated alkanes) is 21. The largest absolute Gasteiger partial charge is 0.472 e. The second-order valence-electron chi connectivity index (χ2n) is 23.3. The average molecular weight is 1350 g/mol. The maximum absolute atomic E-state index is 12.9. The SMILES string of the molecule is CC/C=C\C/C=C\C/C=C\C/C=C\C/C=C\CCCCCCCCCCCCCC(=O)OCC(O)COP(=O)(O)OCC(O)COP(=O)(O)OCC(COC(=O)CCC/C=C\C/C=C\C/C=C\C/C=C\C/C=C\CC)OC(=O)CCCCCCC/C=C\CCCCCC. The number of carbonyl (C=O) groups excluding carboxylic acids is 3. The number of phosphoric ester groups is 2. The summed E-state index contributed by atoms with van der Waals surface area (Å²) in [5.41, 5.74) is 0. The van der Waals surface area contributed by atoms with E-state index in [4.69, 9.17) is 32.3 Å². The van der Waals surface area contributed by atoms with Gasteiger partial charge in [-0.05, 0) is 128 Å². The van der Waals surface area contributed by atoms with Crippen molar-refractivity contribution in [2.24, 2.45) is 0 Å². The lowest BCUT2D eigenvalue weighted by molar-refractivity contribution is -0.161. The Morgan fingerprint density at radius 3 is 0.957 bits per heavy atom. The Labute approximate surface area is 563 Å². The molecule has 0 heterocycles. The van der Waals surface area contributed by atoms with Gasteiger partial charge in [-0.2, -0.15) is 0 Å². The van der Waals surface area contributed by atoms with E-state index in [9.17, 15) is 43.5 Å². The van der Waals surface area contributed by atoms with E-state index in [0.29, 0.717) is 25.7 Å². The molecule has 0 saturated carbocycles. The number of rotatable bonds is 66. The third kappa shape index (κ3) is 68.9. The minimum absolute atomic E-state index is 0.0795. The highest BCUT2D eigenvalue weighted by molar-refractivity contribution is 7.47. The van der Waals surface area contributed by atoms with E-state index >= 15 is 0 Å². The van der Waals surface area contributed by atoms with Crippen LogP contribution in [-0.2, 0) is 55.8 Å². The minimum atomic E-state index is -4.94. The Morgan fingerprint density at radius 2 is 0.581 bits per heavy atom. The summed E-state index contributed by atoms with van der Waals surface area (Å²) in [6.45, 7) is 2.33. The van der Waals surface area contributed by atoms with Crippen molar-refractivity contribution in [2.45, 2.75) is 283 Å². The first-order chi connectivity index (χ1) is 45.2. The zero-order valence-corrected chi connectivity index (χ0v) is 59.4. The molecule has 5 unspecified atom stereocenters. The maximum atomic E-state index is 12.9. The summed E-state index contributed by atoms with van der Waals surface area (Å²) in [4.78, 5) is 58.4. The van der Waals surface area contributed by atoms with Crippen LogP contribution in [0.15, 0.2) is 134 Å². The van der Waals surface area contributed by atoms with Crippen molar-refractivity contribution in [3.8, 4) is 0 Å². The van der Waals surface area contributed by atoms with E-state index in [1.165, 1.54) is 70.6 Å². The fraction of sp³-hybridized carbons (Fsp3) is 0.667. The molecule has 0 amide bonds. The monoisotopic (exact) mass is 1340 g/mol. The van der Waals surface area contributed by atoms with Crippen LogP contribution < -0.4 is 0 Å². The van der Waals surface area contributed by atoms with Gasteiger partial charge in [0.05, 0.1) is 26.4 Å². The Kier molecular flexibility index (Phi) is 64.5. The van der Waals surface area contributed by atoms with Gasteiger partial charge in [-0.1, -0.05) is 251 Å². The number of phosphoric acid groups is 2. The summed E-state index contributed by atoms with van der Waals surface area (Å²) < 4.78 is 60.8. The van der Waals surface area contributed by atoms with Crippen molar-refractivity contribution in [1.29, 1.82) is 0 Å². The van der Waals surface area contributed by atoms with Gasteiger partial charge in [-0.3, -0.25) is 32.5 Å². The number of aliphatic hydroxyl groups excluding tert-OH is 2. The van der Waals surface area contributed by atoms with Crippen LogP contribution >= 0.6 is 15.6 Å². The Hall–Kier alpha value is -4.31. The fourth-order valence-electron chi connectivity index (χ4n) is 8.98. The van der Waals surface area contributed by atoms with E-state index < -0.39 is 91.5 Å². The quantitative estimate of drug-likeness (QED) is 0.0146. The first-order valence-electron chi connectivity index (χ1n) is 35.5. The molecule has 0 fully saturated rings. The van der Waals surface area contributed by atoms with E-state index in [2.05, 4.69) is 142 Å². The molecule has 5 atom stereocenters. The molecule has 0 radical (unpaired) electrons. The van der Waals surface area contributed by atoms with Gasteiger partial charge in [0.15, 0.2) is 6.10 Å². The summed E-state index contributed by atoms with van der Waals surface area (Å²) in [7, 11) is -9.80. The Bertz CT molecular complexity index is 2230. The van der Waals surface area contributed by atoms with Crippen LogP contribution in [0.2, 0.25) is 0 Å². The van der Waals surface area contributed by atoms with E-state index in [1.54, 1.807) is 0 Å². The van der Waals surface area contributed by atoms with Gasteiger partial charge in [0.1, 0.15) is 25.4 Å². The molecular weight excluding hydrogens is 1220 g/mol. The standard InChI is InChI=1S/C75H126O16P2/c1-4-7-10-13-16-19-22-25-27-29-30-31-32-33-34-35-36-37-38-40-42-44-46-49-52-55-58-61-73(78)85-64-70(76)65-87-92(81,82)88-66-71(77)67-89-93(83,84)90-69-72(91-75(80)63-60-57-54-51-48-43-24-21-18-15-12-9-6-3)68-86-74(79)62-59-56-53-50-47-45-41-39-28-26-23-20-17-14-11-8-5-2/h7-8,10-11,16-17,19-21,24-28,30-31,33-34,41,45,50,53,70-72,76-77H,4-6,9,12-15,18,22-23,29,32,35-40,42-44,46-49,51-52,54-69H2,1-3H3,(H,81,82)(H,83,84)/b10-7-,11-8-,19-16-,20-17-,24-21-,27-25-,28-26-,31-30-,34-33-,45-41-,53-50-. The van der Waals surface area contributed by atoms with Gasteiger partial charge >= 0.3 is 33.6 Å². The van der Waals surface area contributed by atoms with Gasteiger partial charge in [-0.25, -0.2) is 9.13 Å². The maximum Gasteiger partial charge on any atom is 0.472 e. The van der Waals surface area contributed by atoms with Crippen molar-refractivity contribution in [1.82, 2.24) is 0 Å². The van der Waals surface area contributed by atoms with Crippen LogP contribution in [0.3, 0.4) is 0 Å². The van der Waals surface area contributed by atoms with Crippen molar-refractivity contribution in [3.63, 3.8) is 0 Å². The van der Waals surface area contributed by atoms with Crippen LogP contribution in [0, 0.1) is 0 Å². The summed E-state index contributed by atoms with van der Waals surface area (Å²) in [5.74, 6) is -1.66. The van der Waals surface area contributed by atoms with Crippen LogP contribution in [0.4, 0.5) is 0 Å². The summed E-state index contributed by atoms with van der Waals surface area (Å²) in [6.07, 6.45) is 79.5. The first-order valence-corrected chi connectivity index (χ1v) is 38.5. The number of hydrogen-bond acceptors (Lipinski definition) is 14. The highest BCUT2D eigenvalue weighted by Gasteiger charge is 2.29. The number of ether oxygens (including phenoxy) is 3. The van der Waals surface area contributed by atoms with Crippen LogP contribution in [0.25, 0.3) is 0 Å². The van der Waals surface area contributed by atoms with Crippen molar-refractivity contribution in [3.05, 3.63) is 134 Å². The molecule has 93 heavy (non-hydrogen) atoms. The molecule has 0 aromatic carbocycles. The second kappa shape index (κ2) is 67.7. The molecular formula is C75H126O16P2. The van der Waals surface area contributed by atoms with E-state index in [1.807, 2.05) is 12.2 Å². The van der Waals surface area contributed by atoms with Crippen molar-refractivity contribution >= 4 is 33.6 Å². The molecule has 0 aliphatic rings. The molecule has 4 N–H and O–H groups in total. The fourth-order valence-corrected chi connectivity index (χ4v) is 10.6. The van der Waals surface area contributed by atoms with E-state index in [-0.39, 0.29) is 19.3 Å². The molecule has 532 valence electrons. The number of aliphatic hydroxyl groups is 2. The summed E-state index contributed by atoms with van der Waals surface area (Å²) in [6, 6.07) is 0. The number of allylic oxidation sites excluding steroid dienone is 22. The Morgan fingerprint density at radius 1 is 0.312 bits per heavy atom. The van der Waals surface area contributed by atoms with Gasteiger partial charge in [0.2, 0.25) is 0 Å². The Balaban J connectivity index is 4.56. The third-order valence-corrected chi connectivity index (χ3v) is 16.2. The lowest BCUT2D eigenvalue weighted by atomic mass is 10.0. The van der Waals surface area contributed by atoms with Gasteiger partial charge in [0.25, 0.3) is 0 Å². The van der Waals surface area contributed by atoms with Crippen LogP contribution in [0.1, 0.15) is 265 Å². The lowest BCUT2D eigenvalue weighted by Gasteiger charge is -2.21. The highest BCUT2D eigenvalue weighted by atomic mass is 31.2. The highest BCUT2D eigenvalue weighted by Crippen LogP contribution is 2.45.